The van der Waals surface area contributed by atoms with Crippen molar-refractivity contribution in [3.05, 3.63) is 29.8 Å². The van der Waals surface area contributed by atoms with Crippen molar-refractivity contribution in [1.82, 2.24) is 0 Å². The van der Waals surface area contributed by atoms with Crippen LogP contribution in [0, 0.1) is 0 Å². The second kappa shape index (κ2) is 5.87. The average molecular weight is 250 g/mol. The number of ether oxygens (including phenoxy) is 2. The van der Waals surface area contributed by atoms with E-state index in [1.54, 1.807) is 0 Å². The molecule has 2 atom stereocenters. The van der Waals surface area contributed by atoms with Crippen molar-refractivity contribution in [3.8, 4) is 5.75 Å². The van der Waals surface area contributed by atoms with Crippen molar-refractivity contribution in [1.29, 1.82) is 0 Å². The zero-order chi connectivity index (χ0) is 13.0. The summed E-state index contributed by atoms with van der Waals surface area (Å²) < 4.78 is 10.7. The van der Waals surface area contributed by atoms with Crippen LogP contribution in [0.1, 0.15) is 31.2 Å². The molecule has 2 unspecified atom stereocenters. The third kappa shape index (κ3) is 3.23. The Bertz CT molecular complexity index is 412. The van der Waals surface area contributed by atoms with E-state index in [4.69, 9.17) is 9.47 Å². The number of epoxide rings is 1. The highest BCUT2D eigenvalue weighted by atomic mass is 16.6. The smallest absolute Gasteiger partial charge is 0.311 e. The Labute approximate surface area is 107 Å². The fourth-order valence-electron chi connectivity index (χ4n) is 1.95. The van der Waals surface area contributed by atoms with Gasteiger partial charge in [0.05, 0.1) is 12.5 Å². The SMILES string of the molecule is CCCC(C(=O)O)c1ccccc1OCC1CO1. The Morgan fingerprint density at radius 3 is 2.89 bits per heavy atom. The van der Waals surface area contributed by atoms with Gasteiger partial charge in [0.15, 0.2) is 0 Å². The molecule has 1 aliphatic rings. The number of benzene rings is 1. The van der Waals surface area contributed by atoms with E-state index < -0.39 is 11.9 Å². The molecule has 0 radical (unpaired) electrons. The van der Waals surface area contributed by atoms with Crippen molar-refractivity contribution < 1.29 is 19.4 Å². The van der Waals surface area contributed by atoms with Gasteiger partial charge in [-0.05, 0) is 12.5 Å². The lowest BCUT2D eigenvalue weighted by Gasteiger charge is -2.16. The first-order valence-corrected chi connectivity index (χ1v) is 6.28. The second-order valence-electron chi connectivity index (χ2n) is 4.48. The fourth-order valence-corrected chi connectivity index (χ4v) is 1.95. The lowest BCUT2D eigenvalue weighted by molar-refractivity contribution is -0.139. The number of carboxylic acids is 1. The van der Waals surface area contributed by atoms with Crippen LogP contribution in [0.2, 0.25) is 0 Å². The third-order valence-electron chi connectivity index (χ3n) is 3.00. The molecule has 1 aromatic rings. The van der Waals surface area contributed by atoms with Crippen LogP contribution in [0.5, 0.6) is 5.75 Å². The monoisotopic (exact) mass is 250 g/mol. The number of para-hydroxylation sites is 1. The first-order chi connectivity index (χ1) is 8.72. The zero-order valence-corrected chi connectivity index (χ0v) is 10.5. The Morgan fingerprint density at radius 2 is 2.28 bits per heavy atom. The Kier molecular flexibility index (Phi) is 4.20. The zero-order valence-electron chi connectivity index (χ0n) is 10.5. The van der Waals surface area contributed by atoms with Crippen molar-refractivity contribution in [2.45, 2.75) is 31.8 Å². The fraction of sp³-hybridized carbons (Fsp3) is 0.500. The Balaban J connectivity index is 2.14. The van der Waals surface area contributed by atoms with Gasteiger partial charge in [0, 0.05) is 5.56 Å². The van der Waals surface area contributed by atoms with Crippen LogP contribution in [-0.4, -0.2) is 30.4 Å². The largest absolute Gasteiger partial charge is 0.490 e. The highest BCUT2D eigenvalue weighted by Gasteiger charge is 2.26. The van der Waals surface area contributed by atoms with Crippen LogP contribution < -0.4 is 4.74 Å². The minimum absolute atomic E-state index is 0.174. The highest BCUT2D eigenvalue weighted by molar-refractivity contribution is 5.77. The van der Waals surface area contributed by atoms with Crippen LogP contribution >= 0.6 is 0 Å². The van der Waals surface area contributed by atoms with Gasteiger partial charge in [-0.1, -0.05) is 31.5 Å². The molecule has 0 spiro atoms. The molecule has 18 heavy (non-hydrogen) atoms. The summed E-state index contributed by atoms with van der Waals surface area (Å²) in [6.45, 7) is 3.21. The number of hydrogen-bond acceptors (Lipinski definition) is 3. The van der Waals surface area contributed by atoms with Gasteiger partial charge < -0.3 is 14.6 Å². The summed E-state index contributed by atoms with van der Waals surface area (Å²) >= 11 is 0. The minimum atomic E-state index is -0.796. The van der Waals surface area contributed by atoms with Crippen molar-refractivity contribution >= 4 is 5.97 Å². The summed E-state index contributed by atoms with van der Waals surface area (Å²) in [4.78, 5) is 11.3. The van der Waals surface area contributed by atoms with Gasteiger partial charge in [-0.15, -0.1) is 0 Å². The molecule has 1 saturated heterocycles. The van der Waals surface area contributed by atoms with Crippen molar-refractivity contribution in [2.75, 3.05) is 13.2 Å². The summed E-state index contributed by atoms with van der Waals surface area (Å²) in [5.74, 6) is -0.629. The van der Waals surface area contributed by atoms with Gasteiger partial charge in [-0.2, -0.15) is 0 Å². The first kappa shape index (κ1) is 12.9. The van der Waals surface area contributed by atoms with Gasteiger partial charge in [-0.3, -0.25) is 4.79 Å². The summed E-state index contributed by atoms with van der Waals surface area (Å²) in [5.41, 5.74) is 0.757. The summed E-state index contributed by atoms with van der Waals surface area (Å²) in [7, 11) is 0. The number of carbonyl (C=O) groups is 1. The maximum absolute atomic E-state index is 11.3. The predicted octanol–water partition coefficient (Wildman–Crippen LogP) is 2.43. The molecule has 0 saturated carbocycles. The third-order valence-corrected chi connectivity index (χ3v) is 3.00. The van der Waals surface area contributed by atoms with Gasteiger partial charge >= 0.3 is 5.97 Å². The molecule has 98 valence electrons. The minimum Gasteiger partial charge on any atom is -0.490 e. The van der Waals surface area contributed by atoms with E-state index >= 15 is 0 Å². The van der Waals surface area contributed by atoms with Gasteiger partial charge in [-0.25, -0.2) is 0 Å². The lowest BCUT2D eigenvalue weighted by atomic mass is 9.94. The molecule has 1 fully saturated rings. The quantitative estimate of drug-likeness (QED) is 0.755. The van der Waals surface area contributed by atoms with E-state index in [0.29, 0.717) is 18.8 Å². The van der Waals surface area contributed by atoms with Gasteiger partial charge in [0.1, 0.15) is 18.5 Å². The maximum atomic E-state index is 11.3. The van der Waals surface area contributed by atoms with Gasteiger partial charge in [0.25, 0.3) is 0 Å². The molecular formula is C14H18O4. The Morgan fingerprint density at radius 1 is 1.56 bits per heavy atom. The molecule has 4 nitrogen and oxygen atoms in total. The van der Waals surface area contributed by atoms with Crippen LogP contribution in [0.15, 0.2) is 24.3 Å². The second-order valence-corrected chi connectivity index (χ2v) is 4.48. The normalized spacial score (nSPS) is 19.3. The molecule has 1 N–H and O–H groups in total. The summed E-state index contributed by atoms with van der Waals surface area (Å²) in [5, 5.41) is 9.29. The highest BCUT2D eigenvalue weighted by Crippen LogP contribution is 2.30. The molecule has 4 heteroatoms. The number of hydrogen-bond donors (Lipinski definition) is 1. The molecule has 0 aliphatic carbocycles. The summed E-state index contributed by atoms with van der Waals surface area (Å²) in [6.07, 6.45) is 1.62. The molecular weight excluding hydrogens is 232 g/mol. The van der Waals surface area contributed by atoms with E-state index in [1.165, 1.54) is 0 Å². The lowest BCUT2D eigenvalue weighted by Crippen LogP contribution is -2.14. The number of rotatable bonds is 7. The average Bonchev–Trinajstić information content (AvgIpc) is 3.18. The van der Waals surface area contributed by atoms with Crippen LogP contribution in [0.25, 0.3) is 0 Å². The first-order valence-electron chi connectivity index (χ1n) is 6.28. The molecule has 1 aromatic carbocycles. The van der Waals surface area contributed by atoms with Crippen LogP contribution in [0.3, 0.4) is 0 Å². The summed E-state index contributed by atoms with van der Waals surface area (Å²) in [6, 6.07) is 7.36. The van der Waals surface area contributed by atoms with Crippen molar-refractivity contribution in [2.24, 2.45) is 0 Å². The van der Waals surface area contributed by atoms with Gasteiger partial charge in [0.2, 0.25) is 0 Å². The molecule has 2 rings (SSSR count). The van der Waals surface area contributed by atoms with Crippen molar-refractivity contribution in [3.63, 3.8) is 0 Å². The molecule has 1 heterocycles. The molecule has 0 amide bonds. The van der Waals surface area contributed by atoms with E-state index in [2.05, 4.69) is 0 Å². The van der Waals surface area contributed by atoms with E-state index in [1.807, 2.05) is 31.2 Å². The standard InChI is InChI=1S/C14H18O4/c1-2-5-12(14(15)16)11-6-3-4-7-13(11)18-9-10-8-17-10/h3-4,6-7,10,12H,2,5,8-9H2,1H3,(H,15,16). The molecule has 0 bridgehead atoms. The maximum Gasteiger partial charge on any atom is 0.311 e. The van der Waals surface area contributed by atoms with E-state index in [0.717, 1.165) is 18.6 Å². The molecule has 0 aromatic heterocycles. The molecule has 1 aliphatic heterocycles. The van der Waals surface area contributed by atoms with E-state index in [-0.39, 0.29) is 6.10 Å². The van der Waals surface area contributed by atoms with E-state index in [9.17, 15) is 9.90 Å². The number of carboxylic acid groups (broad SMARTS) is 1. The Hall–Kier alpha value is -1.55. The number of aliphatic carboxylic acids is 1. The van der Waals surface area contributed by atoms with Crippen LogP contribution in [0.4, 0.5) is 0 Å². The predicted molar refractivity (Wildman–Crippen MR) is 67.0 cm³/mol. The van der Waals surface area contributed by atoms with Crippen LogP contribution in [-0.2, 0) is 9.53 Å². The topological polar surface area (TPSA) is 59.1 Å².